The molecule has 1 aromatic heterocycles. The second-order valence-corrected chi connectivity index (χ2v) is 5.41. The number of ether oxygens (including phenoxy) is 1. The van der Waals surface area contributed by atoms with Gasteiger partial charge in [0.2, 0.25) is 0 Å². The van der Waals surface area contributed by atoms with Crippen molar-refractivity contribution in [2.75, 3.05) is 6.61 Å². The number of benzene rings is 1. The van der Waals surface area contributed by atoms with Crippen LogP contribution < -0.4 is 10.5 Å². The Hall–Kier alpha value is -1.03. The maximum Gasteiger partial charge on any atom is 0.119 e. The van der Waals surface area contributed by atoms with Crippen molar-refractivity contribution in [3.63, 3.8) is 0 Å². The van der Waals surface area contributed by atoms with Crippen molar-refractivity contribution >= 4 is 22.9 Å². The number of rotatable bonds is 6. The summed E-state index contributed by atoms with van der Waals surface area (Å²) in [6.07, 6.45) is 1.94. The first-order valence-electron chi connectivity index (χ1n) is 5.89. The first kappa shape index (κ1) is 13.4. The van der Waals surface area contributed by atoms with Crippen LogP contribution in [0, 0.1) is 0 Å². The van der Waals surface area contributed by atoms with Gasteiger partial charge in [-0.1, -0.05) is 11.6 Å². The lowest BCUT2D eigenvalue weighted by atomic mass is 10.1. The van der Waals surface area contributed by atoms with E-state index in [1.807, 2.05) is 24.3 Å². The van der Waals surface area contributed by atoms with Crippen LogP contribution in [-0.2, 0) is 6.42 Å². The Kier molecular flexibility index (Phi) is 5.05. The Balaban J connectivity index is 1.71. The molecule has 2 nitrogen and oxygen atoms in total. The number of hydrogen-bond acceptors (Lipinski definition) is 3. The van der Waals surface area contributed by atoms with Gasteiger partial charge in [-0.2, -0.15) is 11.3 Å². The third kappa shape index (κ3) is 4.33. The van der Waals surface area contributed by atoms with Crippen LogP contribution >= 0.6 is 22.9 Å². The van der Waals surface area contributed by atoms with Gasteiger partial charge >= 0.3 is 0 Å². The summed E-state index contributed by atoms with van der Waals surface area (Å²) in [6.45, 7) is 0.534. The molecule has 18 heavy (non-hydrogen) atoms. The predicted molar refractivity (Wildman–Crippen MR) is 77.6 cm³/mol. The fraction of sp³-hybridized carbons (Fsp3) is 0.286. The smallest absolute Gasteiger partial charge is 0.119 e. The van der Waals surface area contributed by atoms with E-state index in [-0.39, 0.29) is 6.04 Å². The predicted octanol–water partition coefficient (Wildman–Crippen LogP) is 3.74. The zero-order chi connectivity index (χ0) is 12.8. The SMILES string of the molecule is NC(CCc1ccsc1)COc1ccc(Cl)cc1. The van der Waals surface area contributed by atoms with Gasteiger partial charge in [-0.15, -0.1) is 0 Å². The molecular formula is C14H16ClNOS. The van der Waals surface area contributed by atoms with E-state index in [4.69, 9.17) is 22.1 Å². The molecule has 4 heteroatoms. The molecule has 0 aliphatic heterocycles. The molecule has 0 spiro atoms. The van der Waals surface area contributed by atoms with E-state index in [9.17, 15) is 0 Å². The first-order valence-corrected chi connectivity index (χ1v) is 7.21. The van der Waals surface area contributed by atoms with Gasteiger partial charge in [0.05, 0.1) is 0 Å². The fourth-order valence-corrected chi connectivity index (χ4v) is 2.43. The fourth-order valence-electron chi connectivity index (χ4n) is 1.60. The lowest BCUT2D eigenvalue weighted by molar-refractivity contribution is 0.282. The van der Waals surface area contributed by atoms with E-state index in [1.54, 1.807) is 11.3 Å². The summed E-state index contributed by atoms with van der Waals surface area (Å²) in [5, 5.41) is 4.96. The maximum absolute atomic E-state index is 6.02. The number of hydrogen-bond donors (Lipinski definition) is 1. The summed E-state index contributed by atoms with van der Waals surface area (Å²) in [5.74, 6) is 0.811. The molecule has 1 unspecified atom stereocenters. The number of thiophene rings is 1. The standard InChI is InChI=1S/C14H16ClNOS/c15-12-2-5-14(6-3-12)17-9-13(16)4-1-11-7-8-18-10-11/h2-3,5-8,10,13H,1,4,9,16H2. The molecule has 2 aromatic rings. The van der Waals surface area contributed by atoms with Crippen molar-refractivity contribution in [3.05, 3.63) is 51.7 Å². The Morgan fingerprint density at radius 3 is 2.67 bits per heavy atom. The number of halogens is 1. The molecule has 2 rings (SSSR count). The molecule has 0 radical (unpaired) electrons. The normalized spacial score (nSPS) is 12.3. The van der Waals surface area contributed by atoms with E-state index in [1.165, 1.54) is 5.56 Å². The van der Waals surface area contributed by atoms with Crippen LogP contribution in [0.2, 0.25) is 5.02 Å². The van der Waals surface area contributed by atoms with Crippen LogP contribution in [-0.4, -0.2) is 12.6 Å². The van der Waals surface area contributed by atoms with Gasteiger partial charge in [0, 0.05) is 11.1 Å². The minimum absolute atomic E-state index is 0.0561. The van der Waals surface area contributed by atoms with Crippen molar-refractivity contribution in [2.45, 2.75) is 18.9 Å². The van der Waals surface area contributed by atoms with Crippen molar-refractivity contribution in [1.82, 2.24) is 0 Å². The quantitative estimate of drug-likeness (QED) is 0.875. The molecule has 0 aliphatic carbocycles. The largest absolute Gasteiger partial charge is 0.492 e. The highest BCUT2D eigenvalue weighted by molar-refractivity contribution is 7.07. The average molecular weight is 282 g/mol. The molecule has 0 bridgehead atoms. The summed E-state index contributed by atoms with van der Waals surface area (Å²) in [7, 11) is 0. The van der Waals surface area contributed by atoms with Crippen LogP contribution in [0.5, 0.6) is 5.75 Å². The Bertz CT molecular complexity index is 455. The van der Waals surface area contributed by atoms with Gasteiger partial charge in [-0.05, 0) is 59.5 Å². The Morgan fingerprint density at radius 2 is 2.00 bits per heavy atom. The summed E-state index contributed by atoms with van der Waals surface area (Å²) < 4.78 is 5.61. The van der Waals surface area contributed by atoms with Gasteiger partial charge in [-0.3, -0.25) is 0 Å². The molecule has 0 saturated carbocycles. The molecule has 1 aromatic carbocycles. The summed E-state index contributed by atoms with van der Waals surface area (Å²) >= 11 is 7.52. The second-order valence-electron chi connectivity index (χ2n) is 4.20. The summed E-state index contributed by atoms with van der Waals surface area (Å²) in [4.78, 5) is 0. The lowest BCUT2D eigenvalue weighted by Gasteiger charge is -2.12. The van der Waals surface area contributed by atoms with Crippen molar-refractivity contribution in [3.8, 4) is 5.75 Å². The van der Waals surface area contributed by atoms with Crippen molar-refractivity contribution < 1.29 is 4.74 Å². The van der Waals surface area contributed by atoms with Crippen LogP contribution in [0.3, 0.4) is 0 Å². The van der Waals surface area contributed by atoms with E-state index in [0.717, 1.165) is 18.6 Å². The topological polar surface area (TPSA) is 35.2 Å². The van der Waals surface area contributed by atoms with Gasteiger partial charge in [0.15, 0.2) is 0 Å². The second kappa shape index (κ2) is 6.78. The minimum Gasteiger partial charge on any atom is -0.492 e. The maximum atomic E-state index is 6.02. The Morgan fingerprint density at radius 1 is 1.22 bits per heavy atom. The van der Waals surface area contributed by atoms with Gasteiger partial charge in [0.25, 0.3) is 0 Å². The summed E-state index contributed by atoms with van der Waals surface area (Å²) in [5.41, 5.74) is 7.37. The average Bonchev–Trinajstić information content (AvgIpc) is 2.89. The van der Waals surface area contributed by atoms with Crippen LogP contribution in [0.15, 0.2) is 41.1 Å². The highest BCUT2D eigenvalue weighted by Crippen LogP contribution is 2.16. The van der Waals surface area contributed by atoms with Crippen molar-refractivity contribution in [2.24, 2.45) is 5.73 Å². The van der Waals surface area contributed by atoms with E-state index >= 15 is 0 Å². The monoisotopic (exact) mass is 281 g/mol. The molecule has 2 N–H and O–H groups in total. The number of aryl methyl sites for hydroxylation is 1. The molecule has 0 fully saturated rings. The molecule has 96 valence electrons. The van der Waals surface area contributed by atoms with Crippen molar-refractivity contribution in [1.29, 1.82) is 0 Å². The third-order valence-electron chi connectivity index (χ3n) is 2.66. The van der Waals surface area contributed by atoms with Crippen LogP contribution in [0.25, 0.3) is 0 Å². The van der Waals surface area contributed by atoms with Crippen LogP contribution in [0.4, 0.5) is 0 Å². The minimum atomic E-state index is 0.0561. The Labute approximate surface area is 116 Å². The van der Waals surface area contributed by atoms with Crippen LogP contribution in [0.1, 0.15) is 12.0 Å². The zero-order valence-corrected chi connectivity index (χ0v) is 11.6. The number of nitrogens with two attached hydrogens (primary N) is 1. The lowest BCUT2D eigenvalue weighted by Crippen LogP contribution is -2.28. The third-order valence-corrected chi connectivity index (χ3v) is 3.65. The first-order chi connectivity index (χ1) is 8.74. The highest BCUT2D eigenvalue weighted by atomic mass is 35.5. The molecule has 0 amide bonds. The molecular weight excluding hydrogens is 266 g/mol. The van der Waals surface area contributed by atoms with Gasteiger partial charge in [-0.25, -0.2) is 0 Å². The van der Waals surface area contributed by atoms with Gasteiger partial charge in [0.1, 0.15) is 12.4 Å². The summed E-state index contributed by atoms with van der Waals surface area (Å²) in [6, 6.07) is 9.53. The molecule has 1 heterocycles. The van der Waals surface area contributed by atoms with E-state index < -0.39 is 0 Å². The van der Waals surface area contributed by atoms with E-state index in [0.29, 0.717) is 11.6 Å². The molecule has 1 atom stereocenters. The van der Waals surface area contributed by atoms with E-state index in [2.05, 4.69) is 16.8 Å². The van der Waals surface area contributed by atoms with Gasteiger partial charge < -0.3 is 10.5 Å². The highest BCUT2D eigenvalue weighted by Gasteiger charge is 2.05. The molecule has 0 saturated heterocycles. The molecule has 0 aliphatic rings. The zero-order valence-electron chi connectivity index (χ0n) is 10.0.